The SMILES string of the molecule is CC.CCc1nc(N)cc(C)c1C(F)(F)F. The number of halogens is 3. The van der Waals surface area contributed by atoms with E-state index in [-0.39, 0.29) is 23.5 Å². The number of anilines is 1. The third-order valence-electron chi connectivity index (χ3n) is 1.93. The van der Waals surface area contributed by atoms with E-state index in [0.717, 1.165) is 0 Å². The van der Waals surface area contributed by atoms with Gasteiger partial charge in [-0.05, 0) is 25.0 Å². The van der Waals surface area contributed by atoms with Crippen LogP contribution in [0.1, 0.15) is 37.6 Å². The van der Waals surface area contributed by atoms with Crippen molar-refractivity contribution >= 4 is 5.82 Å². The summed E-state index contributed by atoms with van der Waals surface area (Å²) < 4.78 is 37.6. The molecule has 0 aromatic carbocycles. The summed E-state index contributed by atoms with van der Waals surface area (Å²) in [6.07, 6.45) is -4.13. The van der Waals surface area contributed by atoms with E-state index in [2.05, 4.69) is 4.98 Å². The number of alkyl halides is 3. The standard InChI is InChI=1S/C9H11F3N2.C2H6/c1-3-6-8(9(10,11)12)5(2)4-7(13)14-6;1-2/h4H,3H2,1-2H3,(H2,13,14);1-2H3. The summed E-state index contributed by atoms with van der Waals surface area (Å²) in [6.45, 7) is 7.01. The van der Waals surface area contributed by atoms with Crippen LogP contribution in [0.4, 0.5) is 19.0 Å². The van der Waals surface area contributed by atoms with Crippen molar-refractivity contribution in [2.45, 2.75) is 40.3 Å². The number of aryl methyl sites for hydroxylation is 2. The first-order valence-corrected chi connectivity index (χ1v) is 5.19. The monoisotopic (exact) mass is 234 g/mol. The van der Waals surface area contributed by atoms with Gasteiger partial charge < -0.3 is 5.73 Å². The highest BCUT2D eigenvalue weighted by molar-refractivity contribution is 5.42. The van der Waals surface area contributed by atoms with Gasteiger partial charge in [0.05, 0.1) is 11.3 Å². The minimum atomic E-state index is -4.35. The van der Waals surface area contributed by atoms with Gasteiger partial charge in [0.2, 0.25) is 0 Å². The van der Waals surface area contributed by atoms with Crippen molar-refractivity contribution in [3.8, 4) is 0 Å². The highest BCUT2D eigenvalue weighted by Gasteiger charge is 2.35. The lowest BCUT2D eigenvalue weighted by Crippen LogP contribution is -2.13. The molecule has 1 aromatic rings. The fourth-order valence-electron chi connectivity index (χ4n) is 1.41. The first-order chi connectivity index (χ1) is 7.36. The Labute approximate surface area is 93.7 Å². The molecule has 0 radical (unpaired) electrons. The highest BCUT2D eigenvalue weighted by atomic mass is 19.4. The van der Waals surface area contributed by atoms with E-state index in [1.54, 1.807) is 6.92 Å². The van der Waals surface area contributed by atoms with Crippen molar-refractivity contribution < 1.29 is 13.2 Å². The molecular weight excluding hydrogens is 217 g/mol. The average Bonchev–Trinajstić information content (AvgIpc) is 2.17. The van der Waals surface area contributed by atoms with Gasteiger partial charge in [0.25, 0.3) is 0 Å². The molecule has 0 amide bonds. The van der Waals surface area contributed by atoms with Crippen molar-refractivity contribution in [3.63, 3.8) is 0 Å². The normalized spacial score (nSPS) is 10.7. The molecule has 1 heterocycles. The molecule has 0 fully saturated rings. The largest absolute Gasteiger partial charge is 0.418 e. The van der Waals surface area contributed by atoms with E-state index >= 15 is 0 Å². The molecule has 0 bridgehead atoms. The van der Waals surface area contributed by atoms with Gasteiger partial charge in [-0.25, -0.2) is 4.98 Å². The van der Waals surface area contributed by atoms with Crippen LogP contribution in [0.5, 0.6) is 0 Å². The lowest BCUT2D eigenvalue weighted by atomic mass is 10.1. The predicted molar refractivity (Wildman–Crippen MR) is 59.1 cm³/mol. The van der Waals surface area contributed by atoms with E-state index < -0.39 is 11.7 Å². The molecule has 0 spiro atoms. The van der Waals surface area contributed by atoms with Crippen LogP contribution in [0.2, 0.25) is 0 Å². The summed E-state index contributed by atoms with van der Waals surface area (Å²) in [5, 5.41) is 0. The maximum atomic E-state index is 12.5. The number of nitrogens with two attached hydrogens (primary N) is 1. The second-order valence-electron chi connectivity index (χ2n) is 3.04. The van der Waals surface area contributed by atoms with Gasteiger partial charge in [-0.15, -0.1) is 0 Å². The molecule has 0 aliphatic heterocycles. The number of hydrogen-bond acceptors (Lipinski definition) is 2. The minimum Gasteiger partial charge on any atom is -0.384 e. The Balaban J connectivity index is 0.00000106. The highest BCUT2D eigenvalue weighted by Crippen LogP contribution is 2.34. The number of nitrogens with zero attached hydrogens (tertiary/aromatic N) is 1. The van der Waals surface area contributed by atoms with Crippen LogP contribution in [-0.2, 0) is 12.6 Å². The van der Waals surface area contributed by atoms with Gasteiger partial charge in [0.1, 0.15) is 5.82 Å². The fraction of sp³-hybridized carbons (Fsp3) is 0.545. The summed E-state index contributed by atoms with van der Waals surface area (Å²) in [5.74, 6) is 0.132. The summed E-state index contributed by atoms with van der Waals surface area (Å²) in [7, 11) is 0. The average molecular weight is 234 g/mol. The molecule has 0 aliphatic carbocycles. The van der Waals surface area contributed by atoms with Crippen molar-refractivity contribution in [1.82, 2.24) is 4.98 Å². The van der Waals surface area contributed by atoms with Crippen molar-refractivity contribution in [1.29, 1.82) is 0 Å². The molecule has 0 atom stereocenters. The van der Waals surface area contributed by atoms with Gasteiger partial charge in [-0.2, -0.15) is 13.2 Å². The summed E-state index contributed by atoms with van der Waals surface area (Å²) in [6, 6.07) is 1.24. The van der Waals surface area contributed by atoms with Gasteiger partial charge in [-0.1, -0.05) is 20.8 Å². The van der Waals surface area contributed by atoms with Crippen LogP contribution in [0.15, 0.2) is 6.07 Å². The Morgan fingerprint density at radius 2 is 1.81 bits per heavy atom. The Morgan fingerprint density at radius 1 is 1.31 bits per heavy atom. The summed E-state index contributed by atoms with van der Waals surface area (Å²) in [4.78, 5) is 3.68. The Bertz CT molecular complexity index is 346. The second-order valence-corrected chi connectivity index (χ2v) is 3.04. The third kappa shape index (κ3) is 3.40. The zero-order valence-corrected chi connectivity index (χ0v) is 9.94. The summed E-state index contributed by atoms with van der Waals surface area (Å²) in [5.41, 5.74) is 4.85. The van der Waals surface area contributed by atoms with Gasteiger partial charge in [0, 0.05) is 0 Å². The molecule has 0 saturated heterocycles. The quantitative estimate of drug-likeness (QED) is 0.806. The molecule has 16 heavy (non-hydrogen) atoms. The molecule has 1 rings (SSSR count). The molecule has 92 valence electrons. The second kappa shape index (κ2) is 5.72. The Kier molecular flexibility index (Phi) is 5.27. The molecule has 1 aromatic heterocycles. The molecule has 2 N–H and O–H groups in total. The van der Waals surface area contributed by atoms with Crippen LogP contribution in [0.3, 0.4) is 0 Å². The molecule has 0 aliphatic rings. The lowest BCUT2D eigenvalue weighted by Gasteiger charge is -2.14. The number of nitrogen functional groups attached to an aromatic ring is 1. The van der Waals surface area contributed by atoms with Crippen LogP contribution < -0.4 is 5.73 Å². The maximum absolute atomic E-state index is 12.5. The van der Waals surface area contributed by atoms with Gasteiger partial charge in [-0.3, -0.25) is 0 Å². The Morgan fingerprint density at radius 3 is 2.19 bits per heavy atom. The van der Waals surface area contributed by atoms with Crippen molar-refractivity contribution in [3.05, 3.63) is 22.9 Å². The minimum absolute atomic E-state index is 0.00926. The Hall–Kier alpha value is -1.26. The van der Waals surface area contributed by atoms with Crippen LogP contribution in [0, 0.1) is 6.92 Å². The van der Waals surface area contributed by atoms with Gasteiger partial charge >= 0.3 is 6.18 Å². The van der Waals surface area contributed by atoms with E-state index in [0.29, 0.717) is 0 Å². The number of hydrogen-bond donors (Lipinski definition) is 1. The lowest BCUT2D eigenvalue weighted by molar-refractivity contribution is -0.138. The van der Waals surface area contributed by atoms with Crippen LogP contribution in [0.25, 0.3) is 0 Å². The topological polar surface area (TPSA) is 38.9 Å². The summed E-state index contributed by atoms with van der Waals surface area (Å²) >= 11 is 0. The van der Waals surface area contributed by atoms with Gasteiger partial charge in [0.15, 0.2) is 0 Å². The van der Waals surface area contributed by atoms with E-state index in [9.17, 15) is 13.2 Å². The predicted octanol–water partition coefficient (Wildman–Crippen LogP) is 3.58. The number of aromatic nitrogens is 1. The third-order valence-corrected chi connectivity index (χ3v) is 1.93. The van der Waals surface area contributed by atoms with E-state index in [1.807, 2.05) is 13.8 Å². The molecule has 5 heteroatoms. The molecule has 2 nitrogen and oxygen atoms in total. The number of rotatable bonds is 1. The molecular formula is C11H17F3N2. The van der Waals surface area contributed by atoms with Crippen molar-refractivity contribution in [2.24, 2.45) is 0 Å². The maximum Gasteiger partial charge on any atom is 0.418 e. The first-order valence-electron chi connectivity index (χ1n) is 5.19. The van der Waals surface area contributed by atoms with Crippen LogP contribution >= 0.6 is 0 Å². The zero-order valence-electron chi connectivity index (χ0n) is 9.94. The molecule has 0 saturated carbocycles. The van der Waals surface area contributed by atoms with E-state index in [1.165, 1.54) is 13.0 Å². The first kappa shape index (κ1) is 14.7. The van der Waals surface area contributed by atoms with E-state index in [4.69, 9.17) is 5.73 Å². The van der Waals surface area contributed by atoms with Crippen molar-refractivity contribution in [2.75, 3.05) is 5.73 Å². The number of pyridine rings is 1. The van der Waals surface area contributed by atoms with Crippen LogP contribution in [-0.4, -0.2) is 4.98 Å². The molecule has 0 unspecified atom stereocenters. The fourth-order valence-corrected chi connectivity index (χ4v) is 1.41. The smallest absolute Gasteiger partial charge is 0.384 e. The zero-order chi connectivity index (χ0) is 12.9.